The van der Waals surface area contributed by atoms with E-state index in [4.69, 9.17) is 10.5 Å². The highest BCUT2D eigenvalue weighted by atomic mass is 35.5. The van der Waals surface area contributed by atoms with E-state index in [0.717, 1.165) is 44.7 Å². The first kappa shape index (κ1) is 19.0. The predicted molar refractivity (Wildman–Crippen MR) is 84.0 cm³/mol. The second-order valence-corrected chi connectivity index (χ2v) is 5.80. The number of ether oxygens (including phenoxy) is 1. The normalized spacial score (nSPS) is 17.9. The minimum atomic E-state index is 0. The highest BCUT2D eigenvalue weighted by Crippen LogP contribution is 2.17. The zero-order chi connectivity index (χ0) is 13.4. The number of nitrogens with two attached hydrogens (primary N) is 1. The summed E-state index contributed by atoms with van der Waals surface area (Å²) in [5, 5.41) is 0. The van der Waals surface area contributed by atoms with Crippen LogP contribution in [0.15, 0.2) is 0 Å². The van der Waals surface area contributed by atoms with Crippen LogP contribution in [0.2, 0.25) is 0 Å². The summed E-state index contributed by atoms with van der Waals surface area (Å²) in [5.41, 5.74) is 5.43. The van der Waals surface area contributed by atoms with E-state index in [-0.39, 0.29) is 18.3 Å². The van der Waals surface area contributed by atoms with Crippen molar-refractivity contribution in [3.63, 3.8) is 0 Å². The summed E-state index contributed by atoms with van der Waals surface area (Å²) < 4.78 is 5.74. The third-order valence-corrected chi connectivity index (χ3v) is 4.13. The maximum atomic E-state index is 12.1. The predicted octanol–water partition coefficient (Wildman–Crippen LogP) is 1.76. The smallest absolute Gasteiger partial charge is 0.226 e. The molecule has 0 aromatic rings. The van der Waals surface area contributed by atoms with Crippen LogP contribution in [0.4, 0.5) is 0 Å². The second kappa shape index (κ2) is 10.8. The topological polar surface area (TPSA) is 55.6 Å². The molecule has 1 unspecified atom stereocenters. The molecule has 1 rings (SSSR count). The minimum Gasteiger partial charge on any atom is -0.378 e. The van der Waals surface area contributed by atoms with Crippen molar-refractivity contribution in [1.82, 2.24) is 4.90 Å². The summed E-state index contributed by atoms with van der Waals surface area (Å²) in [6.45, 7) is 5.12. The largest absolute Gasteiger partial charge is 0.378 e. The van der Waals surface area contributed by atoms with Crippen molar-refractivity contribution in [1.29, 1.82) is 0 Å². The molecule has 6 heteroatoms. The average Bonchev–Trinajstić information content (AvgIpc) is 2.39. The van der Waals surface area contributed by atoms with Crippen molar-refractivity contribution in [2.75, 3.05) is 38.2 Å². The Morgan fingerprint density at radius 1 is 1.47 bits per heavy atom. The number of thioether (sulfide) groups is 1. The Labute approximate surface area is 127 Å². The Morgan fingerprint density at radius 3 is 2.63 bits per heavy atom. The molecule has 0 bridgehead atoms. The zero-order valence-corrected chi connectivity index (χ0v) is 13.6. The molecule has 1 amide bonds. The summed E-state index contributed by atoms with van der Waals surface area (Å²) in [6.07, 6.45) is 5.20. The van der Waals surface area contributed by atoms with Crippen molar-refractivity contribution >= 4 is 30.1 Å². The standard InChI is InChI=1S/C13H26N2O2S.ClH/c1-11(10-18-2)13(16)15-7-4-12(5-8-15)17-9-3-6-14;/h11-12H,3-10,14H2,1-2H3;1H. The van der Waals surface area contributed by atoms with Gasteiger partial charge in [0.2, 0.25) is 5.91 Å². The molecule has 1 heterocycles. The van der Waals surface area contributed by atoms with Gasteiger partial charge in [0, 0.05) is 31.4 Å². The molecule has 0 aromatic carbocycles. The molecule has 2 N–H and O–H groups in total. The average molecular weight is 311 g/mol. The highest BCUT2D eigenvalue weighted by molar-refractivity contribution is 7.98. The fraction of sp³-hybridized carbons (Fsp3) is 0.923. The Bertz CT molecular complexity index is 249. The summed E-state index contributed by atoms with van der Waals surface area (Å²) in [5.74, 6) is 1.34. The maximum Gasteiger partial charge on any atom is 0.226 e. The number of nitrogens with zero attached hydrogens (tertiary/aromatic N) is 1. The van der Waals surface area contributed by atoms with Gasteiger partial charge in [-0.1, -0.05) is 6.92 Å². The van der Waals surface area contributed by atoms with Crippen LogP contribution < -0.4 is 5.73 Å². The summed E-state index contributed by atoms with van der Waals surface area (Å²) in [7, 11) is 0. The highest BCUT2D eigenvalue weighted by Gasteiger charge is 2.25. The van der Waals surface area contributed by atoms with E-state index < -0.39 is 0 Å². The van der Waals surface area contributed by atoms with Crippen LogP contribution in [0.25, 0.3) is 0 Å². The molecule has 1 atom stereocenters. The molecule has 1 fully saturated rings. The first-order valence-corrected chi connectivity index (χ1v) is 8.17. The van der Waals surface area contributed by atoms with Crippen LogP contribution >= 0.6 is 24.2 Å². The lowest BCUT2D eigenvalue weighted by molar-refractivity contribution is -0.136. The van der Waals surface area contributed by atoms with Crippen LogP contribution in [0.3, 0.4) is 0 Å². The fourth-order valence-corrected chi connectivity index (χ4v) is 2.85. The van der Waals surface area contributed by atoms with Gasteiger partial charge in [0.15, 0.2) is 0 Å². The molecular weight excluding hydrogens is 284 g/mol. The first-order valence-electron chi connectivity index (χ1n) is 6.78. The van der Waals surface area contributed by atoms with E-state index in [0.29, 0.717) is 18.6 Å². The summed E-state index contributed by atoms with van der Waals surface area (Å²) >= 11 is 1.73. The van der Waals surface area contributed by atoms with E-state index in [1.165, 1.54) is 0 Å². The van der Waals surface area contributed by atoms with Gasteiger partial charge in [0.05, 0.1) is 6.10 Å². The van der Waals surface area contributed by atoms with Crippen molar-refractivity contribution in [2.24, 2.45) is 11.7 Å². The lowest BCUT2D eigenvalue weighted by Crippen LogP contribution is -2.43. The Morgan fingerprint density at radius 2 is 2.11 bits per heavy atom. The lowest BCUT2D eigenvalue weighted by atomic mass is 10.1. The molecule has 4 nitrogen and oxygen atoms in total. The molecule has 0 aliphatic carbocycles. The number of likely N-dealkylation sites (tertiary alicyclic amines) is 1. The molecule has 1 saturated heterocycles. The van der Waals surface area contributed by atoms with Gasteiger partial charge in [0.25, 0.3) is 0 Å². The van der Waals surface area contributed by atoms with Gasteiger partial charge >= 0.3 is 0 Å². The quantitative estimate of drug-likeness (QED) is 0.728. The molecule has 1 aliphatic heterocycles. The van der Waals surface area contributed by atoms with Crippen LogP contribution in [-0.4, -0.2) is 55.2 Å². The van der Waals surface area contributed by atoms with Crippen molar-refractivity contribution in [3.8, 4) is 0 Å². The molecule has 0 radical (unpaired) electrons. The fourth-order valence-electron chi connectivity index (χ4n) is 2.21. The molecular formula is C13H27ClN2O2S. The number of hydrogen-bond donors (Lipinski definition) is 1. The van der Waals surface area contributed by atoms with Crippen molar-refractivity contribution < 1.29 is 9.53 Å². The van der Waals surface area contributed by atoms with E-state index in [2.05, 4.69) is 0 Å². The second-order valence-electron chi connectivity index (χ2n) is 4.89. The summed E-state index contributed by atoms with van der Waals surface area (Å²) in [6, 6.07) is 0. The van der Waals surface area contributed by atoms with Gasteiger partial charge in [-0.05, 0) is 32.1 Å². The first-order chi connectivity index (χ1) is 8.69. The van der Waals surface area contributed by atoms with Crippen LogP contribution in [0.5, 0.6) is 0 Å². The van der Waals surface area contributed by atoms with Crippen molar-refractivity contribution in [2.45, 2.75) is 32.3 Å². The molecule has 0 aromatic heterocycles. The third kappa shape index (κ3) is 6.84. The Kier molecular flexibility index (Phi) is 10.8. The van der Waals surface area contributed by atoms with Gasteiger partial charge in [-0.3, -0.25) is 4.79 Å². The molecule has 0 saturated carbocycles. The number of carbonyl (C=O) groups is 1. The van der Waals surface area contributed by atoms with Gasteiger partial charge in [-0.25, -0.2) is 0 Å². The Balaban J connectivity index is 0.00000324. The van der Waals surface area contributed by atoms with Gasteiger partial charge in [0.1, 0.15) is 0 Å². The molecule has 19 heavy (non-hydrogen) atoms. The van der Waals surface area contributed by atoms with Crippen LogP contribution in [0, 0.1) is 5.92 Å². The number of rotatable bonds is 7. The molecule has 114 valence electrons. The van der Waals surface area contributed by atoms with E-state index in [1.54, 1.807) is 11.8 Å². The SMILES string of the molecule is CSCC(C)C(=O)N1CCC(OCCCN)CC1.Cl. The van der Waals surface area contributed by atoms with Crippen molar-refractivity contribution in [3.05, 3.63) is 0 Å². The van der Waals surface area contributed by atoms with Crippen LogP contribution in [-0.2, 0) is 9.53 Å². The number of piperidine rings is 1. The number of carbonyl (C=O) groups excluding carboxylic acids is 1. The minimum absolute atomic E-state index is 0. The molecule has 0 spiro atoms. The number of hydrogen-bond acceptors (Lipinski definition) is 4. The summed E-state index contributed by atoms with van der Waals surface area (Å²) in [4.78, 5) is 14.1. The van der Waals surface area contributed by atoms with Gasteiger partial charge in [-0.15, -0.1) is 12.4 Å². The maximum absolute atomic E-state index is 12.1. The van der Waals surface area contributed by atoms with E-state index in [1.807, 2.05) is 18.1 Å². The molecule has 1 aliphatic rings. The van der Waals surface area contributed by atoms with Crippen LogP contribution in [0.1, 0.15) is 26.2 Å². The lowest BCUT2D eigenvalue weighted by Gasteiger charge is -2.33. The third-order valence-electron chi connectivity index (χ3n) is 3.29. The Hall–Kier alpha value is 0.0300. The van der Waals surface area contributed by atoms with E-state index in [9.17, 15) is 4.79 Å². The monoisotopic (exact) mass is 310 g/mol. The van der Waals surface area contributed by atoms with E-state index >= 15 is 0 Å². The van der Waals surface area contributed by atoms with Gasteiger partial charge < -0.3 is 15.4 Å². The number of amides is 1. The number of halogens is 1. The zero-order valence-electron chi connectivity index (χ0n) is 12.0. The van der Waals surface area contributed by atoms with Gasteiger partial charge in [-0.2, -0.15) is 11.8 Å².